The maximum atomic E-state index is 12.1. The number of amides is 2. The number of methoxy groups -OCH3 is 2. The zero-order valence-corrected chi connectivity index (χ0v) is 15.5. The van der Waals surface area contributed by atoms with Crippen LogP contribution in [0.1, 0.15) is 27.8 Å². The maximum Gasteiger partial charge on any atom is 0.315 e. The minimum absolute atomic E-state index is 0.200. The van der Waals surface area contributed by atoms with Crippen molar-refractivity contribution in [1.29, 1.82) is 0 Å². The molecule has 2 aromatic carbocycles. The van der Waals surface area contributed by atoms with Crippen LogP contribution in [0.5, 0.6) is 11.5 Å². The molecule has 2 rings (SSSR count). The molecule has 0 aliphatic heterocycles. The molecule has 2 amide bonds. The third-order valence-electron chi connectivity index (χ3n) is 4.17. The first kappa shape index (κ1) is 18.6. The molecule has 0 unspecified atom stereocenters. The molecule has 5 nitrogen and oxygen atoms in total. The zero-order chi connectivity index (χ0) is 18.4. The lowest BCUT2D eigenvalue weighted by Gasteiger charge is -2.13. The Balaban J connectivity index is 1.91. The summed E-state index contributed by atoms with van der Waals surface area (Å²) in [5.74, 6) is 1.31. The molecule has 0 radical (unpaired) electrons. The smallest absolute Gasteiger partial charge is 0.315 e. The van der Waals surface area contributed by atoms with Gasteiger partial charge < -0.3 is 20.1 Å². The van der Waals surface area contributed by atoms with E-state index in [-0.39, 0.29) is 6.03 Å². The van der Waals surface area contributed by atoms with Crippen LogP contribution in [0.4, 0.5) is 4.79 Å². The van der Waals surface area contributed by atoms with Crippen molar-refractivity contribution in [3.8, 4) is 11.5 Å². The van der Waals surface area contributed by atoms with Crippen LogP contribution < -0.4 is 20.1 Å². The Labute approximate surface area is 149 Å². The molecule has 0 aliphatic carbocycles. The predicted molar refractivity (Wildman–Crippen MR) is 99.3 cm³/mol. The Morgan fingerprint density at radius 2 is 1.48 bits per heavy atom. The molecule has 25 heavy (non-hydrogen) atoms. The van der Waals surface area contributed by atoms with Crippen molar-refractivity contribution in [2.45, 2.75) is 33.9 Å². The summed E-state index contributed by atoms with van der Waals surface area (Å²) in [6.07, 6.45) is 0. The quantitative estimate of drug-likeness (QED) is 0.843. The van der Waals surface area contributed by atoms with Gasteiger partial charge in [-0.25, -0.2) is 4.79 Å². The third-order valence-corrected chi connectivity index (χ3v) is 4.17. The van der Waals surface area contributed by atoms with Crippen molar-refractivity contribution in [3.63, 3.8) is 0 Å². The summed E-state index contributed by atoms with van der Waals surface area (Å²) in [5, 5.41) is 5.78. The van der Waals surface area contributed by atoms with Gasteiger partial charge >= 0.3 is 6.03 Å². The predicted octanol–water partition coefficient (Wildman–Crippen LogP) is 3.63. The van der Waals surface area contributed by atoms with Crippen LogP contribution in [0.2, 0.25) is 0 Å². The van der Waals surface area contributed by atoms with Gasteiger partial charge in [0.05, 0.1) is 14.2 Å². The van der Waals surface area contributed by atoms with Gasteiger partial charge in [-0.3, -0.25) is 0 Å². The highest BCUT2D eigenvalue weighted by Crippen LogP contribution is 2.27. The molecule has 0 heterocycles. The van der Waals surface area contributed by atoms with Gasteiger partial charge in [0, 0.05) is 13.1 Å². The van der Waals surface area contributed by atoms with Gasteiger partial charge in [0.1, 0.15) is 0 Å². The van der Waals surface area contributed by atoms with Crippen LogP contribution >= 0.6 is 0 Å². The van der Waals surface area contributed by atoms with E-state index >= 15 is 0 Å². The molecule has 0 spiro atoms. The van der Waals surface area contributed by atoms with E-state index < -0.39 is 0 Å². The molecular weight excluding hydrogens is 316 g/mol. The summed E-state index contributed by atoms with van der Waals surface area (Å²) < 4.78 is 10.5. The monoisotopic (exact) mass is 342 g/mol. The number of ether oxygens (including phenoxy) is 2. The third kappa shape index (κ3) is 4.89. The standard InChI is InChI=1S/C20H26N2O3/c1-13-8-14(2)17(15(3)9-13)12-22-20(23)21-11-16-6-7-18(24-4)19(10-16)25-5/h6-10H,11-12H2,1-5H3,(H2,21,22,23). The van der Waals surface area contributed by atoms with Crippen molar-refractivity contribution < 1.29 is 14.3 Å². The summed E-state index contributed by atoms with van der Waals surface area (Å²) in [5.41, 5.74) is 5.72. The molecule has 0 aromatic heterocycles. The van der Waals surface area contributed by atoms with Crippen LogP contribution in [-0.4, -0.2) is 20.3 Å². The summed E-state index contributed by atoms with van der Waals surface area (Å²) in [6.45, 7) is 7.14. The zero-order valence-electron chi connectivity index (χ0n) is 15.5. The second kappa shape index (κ2) is 8.42. The molecule has 0 bridgehead atoms. The molecule has 0 fully saturated rings. The first-order chi connectivity index (χ1) is 11.9. The number of hydrogen-bond donors (Lipinski definition) is 2. The Morgan fingerprint density at radius 1 is 0.880 bits per heavy atom. The number of rotatable bonds is 6. The number of benzene rings is 2. The Hall–Kier alpha value is -2.69. The SMILES string of the molecule is COc1ccc(CNC(=O)NCc2c(C)cc(C)cc2C)cc1OC. The number of nitrogens with one attached hydrogen (secondary N) is 2. The van der Waals surface area contributed by atoms with Gasteiger partial charge in [0.25, 0.3) is 0 Å². The van der Waals surface area contributed by atoms with Crippen molar-refractivity contribution in [2.24, 2.45) is 0 Å². The molecule has 0 saturated heterocycles. The summed E-state index contributed by atoms with van der Waals surface area (Å²) in [6, 6.07) is 9.64. The summed E-state index contributed by atoms with van der Waals surface area (Å²) in [7, 11) is 3.19. The second-order valence-corrected chi connectivity index (χ2v) is 6.10. The van der Waals surface area contributed by atoms with Gasteiger partial charge in [0.2, 0.25) is 0 Å². The van der Waals surface area contributed by atoms with Gasteiger partial charge in [-0.05, 0) is 55.2 Å². The lowest BCUT2D eigenvalue weighted by Crippen LogP contribution is -2.34. The van der Waals surface area contributed by atoms with Crippen molar-refractivity contribution in [2.75, 3.05) is 14.2 Å². The fourth-order valence-corrected chi connectivity index (χ4v) is 2.89. The summed E-state index contributed by atoms with van der Waals surface area (Å²) in [4.78, 5) is 12.1. The second-order valence-electron chi connectivity index (χ2n) is 6.10. The summed E-state index contributed by atoms with van der Waals surface area (Å²) >= 11 is 0. The highest BCUT2D eigenvalue weighted by atomic mass is 16.5. The van der Waals surface area contributed by atoms with E-state index in [0.29, 0.717) is 24.6 Å². The molecular formula is C20H26N2O3. The van der Waals surface area contributed by atoms with E-state index in [1.807, 2.05) is 18.2 Å². The number of carbonyl (C=O) groups excluding carboxylic acids is 1. The fraction of sp³-hybridized carbons (Fsp3) is 0.350. The highest BCUT2D eigenvalue weighted by Gasteiger charge is 2.08. The van der Waals surface area contributed by atoms with E-state index in [4.69, 9.17) is 9.47 Å². The minimum Gasteiger partial charge on any atom is -0.493 e. The van der Waals surface area contributed by atoms with Crippen LogP contribution in [0, 0.1) is 20.8 Å². The molecule has 5 heteroatoms. The van der Waals surface area contributed by atoms with Gasteiger partial charge in [-0.15, -0.1) is 0 Å². The lowest BCUT2D eigenvalue weighted by molar-refractivity contribution is 0.240. The topological polar surface area (TPSA) is 59.6 Å². The van der Waals surface area contributed by atoms with Gasteiger partial charge in [0.15, 0.2) is 11.5 Å². The van der Waals surface area contributed by atoms with Crippen LogP contribution in [-0.2, 0) is 13.1 Å². The van der Waals surface area contributed by atoms with Crippen molar-refractivity contribution in [1.82, 2.24) is 10.6 Å². The van der Waals surface area contributed by atoms with E-state index in [9.17, 15) is 4.79 Å². The van der Waals surface area contributed by atoms with Gasteiger partial charge in [-0.1, -0.05) is 23.8 Å². The molecule has 0 atom stereocenters. The largest absolute Gasteiger partial charge is 0.493 e. The van der Waals surface area contributed by atoms with E-state index in [1.165, 1.54) is 16.7 Å². The van der Waals surface area contributed by atoms with Crippen molar-refractivity contribution >= 4 is 6.03 Å². The molecule has 2 N–H and O–H groups in total. The minimum atomic E-state index is -0.200. The molecule has 0 saturated carbocycles. The average Bonchev–Trinajstić information content (AvgIpc) is 2.58. The number of urea groups is 1. The molecule has 134 valence electrons. The Morgan fingerprint density at radius 3 is 2.08 bits per heavy atom. The first-order valence-electron chi connectivity index (χ1n) is 8.24. The van der Waals surface area contributed by atoms with Crippen molar-refractivity contribution in [3.05, 3.63) is 58.1 Å². The van der Waals surface area contributed by atoms with Crippen LogP contribution in [0.15, 0.2) is 30.3 Å². The number of hydrogen-bond acceptors (Lipinski definition) is 3. The molecule has 0 aliphatic rings. The highest BCUT2D eigenvalue weighted by molar-refractivity contribution is 5.74. The Bertz CT molecular complexity index is 734. The van der Waals surface area contributed by atoms with E-state index in [1.54, 1.807) is 14.2 Å². The number of carbonyl (C=O) groups is 1. The Kier molecular flexibility index (Phi) is 6.28. The molecule has 2 aromatic rings. The fourth-order valence-electron chi connectivity index (χ4n) is 2.89. The lowest BCUT2D eigenvalue weighted by atomic mass is 10.00. The first-order valence-corrected chi connectivity index (χ1v) is 8.24. The van der Waals surface area contributed by atoms with Gasteiger partial charge in [-0.2, -0.15) is 0 Å². The van der Waals surface area contributed by atoms with Crippen LogP contribution in [0.25, 0.3) is 0 Å². The average molecular weight is 342 g/mol. The van der Waals surface area contributed by atoms with Crippen LogP contribution in [0.3, 0.4) is 0 Å². The van der Waals surface area contributed by atoms with E-state index in [2.05, 4.69) is 43.5 Å². The van der Waals surface area contributed by atoms with E-state index in [0.717, 1.165) is 11.1 Å². The normalized spacial score (nSPS) is 10.3. The number of aryl methyl sites for hydroxylation is 3. The maximum absolute atomic E-state index is 12.1.